The first-order chi connectivity index (χ1) is 10.3. The first-order valence-corrected chi connectivity index (χ1v) is 7.76. The monoisotopic (exact) mass is 346 g/mol. The molecule has 0 aliphatic carbocycles. The first-order valence-electron chi connectivity index (χ1n) is 7.76. The standard InChI is InChI=1S/C17H27FN2O2.ClH/c1-12(2)10-20(17(22)9-4-13(3)19)11-16(21)14-5-7-15(18)8-6-14;/h5-8,12-13,16,21H,4,9-11,19H2,1-3H3;1H. The molecule has 4 nitrogen and oxygen atoms in total. The number of carbonyl (C=O) groups is 1. The lowest BCUT2D eigenvalue weighted by atomic mass is 10.1. The SMILES string of the molecule is CC(C)CN(CC(O)c1ccc(F)cc1)C(=O)CCC(C)N.Cl. The molecule has 1 aromatic rings. The highest BCUT2D eigenvalue weighted by Gasteiger charge is 2.19. The van der Waals surface area contributed by atoms with Gasteiger partial charge in [-0.15, -0.1) is 12.4 Å². The number of aliphatic hydroxyl groups is 1. The maximum atomic E-state index is 12.9. The largest absolute Gasteiger partial charge is 0.387 e. The van der Waals surface area contributed by atoms with Gasteiger partial charge in [0.25, 0.3) is 0 Å². The molecular weight excluding hydrogens is 319 g/mol. The Morgan fingerprint density at radius 2 is 1.78 bits per heavy atom. The van der Waals surface area contributed by atoms with E-state index < -0.39 is 6.10 Å². The van der Waals surface area contributed by atoms with E-state index in [1.807, 2.05) is 20.8 Å². The van der Waals surface area contributed by atoms with Crippen LogP contribution in [0.25, 0.3) is 0 Å². The lowest BCUT2D eigenvalue weighted by Gasteiger charge is -2.27. The first kappa shape index (κ1) is 21.8. The van der Waals surface area contributed by atoms with Gasteiger partial charge in [-0.1, -0.05) is 26.0 Å². The number of hydrogen-bond donors (Lipinski definition) is 2. The molecule has 0 bridgehead atoms. The molecule has 0 aliphatic rings. The molecule has 0 heterocycles. The maximum absolute atomic E-state index is 12.9. The molecule has 1 rings (SSSR count). The van der Waals surface area contributed by atoms with E-state index in [9.17, 15) is 14.3 Å². The molecule has 1 aromatic carbocycles. The molecule has 23 heavy (non-hydrogen) atoms. The van der Waals surface area contributed by atoms with Gasteiger partial charge in [-0.2, -0.15) is 0 Å². The number of nitrogens with two attached hydrogens (primary N) is 1. The van der Waals surface area contributed by atoms with E-state index >= 15 is 0 Å². The Balaban J connectivity index is 0.00000484. The van der Waals surface area contributed by atoms with E-state index in [0.29, 0.717) is 30.9 Å². The van der Waals surface area contributed by atoms with Crippen LogP contribution in [0.4, 0.5) is 4.39 Å². The molecule has 0 spiro atoms. The molecule has 0 aromatic heterocycles. The number of aliphatic hydroxyl groups excluding tert-OH is 1. The highest BCUT2D eigenvalue weighted by Crippen LogP contribution is 2.17. The number of carbonyl (C=O) groups excluding carboxylic acids is 1. The fourth-order valence-electron chi connectivity index (χ4n) is 2.23. The lowest BCUT2D eigenvalue weighted by molar-refractivity contribution is -0.133. The molecule has 0 aliphatic heterocycles. The minimum atomic E-state index is -0.821. The van der Waals surface area contributed by atoms with Crippen molar-refractivity contribution < 1.29 is 14.3 Å². The van der Waals surface area contributed by atoms with Crippen molar-refractivity contribution in [3.63, 3.8) is 0 Å². The van der Waals surface area contributed by atoms with Crippen molar-refractivity contribution in [1.82, 2.24) is 4.90 Å². The Hall–Kier alpha value is -1.17. The average molecular weight is 347 g/mol. The summed E-state index contributed by atoms with van der Waals surface area (Å²) in [6.45, 7) is 6.71. The number of rotatable bonds is 8. The Kier molecular flexibility index (Phi) is 10.0. The van der Waals surface area contributed by atoms with Crippen molar-refractivity contribution in [3.8, 4) is 0 Å². The smallest absolute Gasteiger partial charge is 0.222 e. The van der Waals surface area contributed by atoms with Crippen LogP contribution >= 0.6 is 12.4 Å². The van der Waals surface area contributed by atoms with E-state index in [4.69, 9.17) is 5.73 Å². The number of nitrogens with zero attached hydrogens (tertiary/aromatic N) is 1. The fourth-order valence-corrected chi connectivity index (χ4v) is 2.23. The van der Waals surface area contributed by atoms with Gasteiger partial charge in [-0.25, -0.2) is 4.39 Å². The third-order valence-electron chi connectivity index (χ3n) is 3.40. The summed E-state index contributed by atoms with van der Waals surface area (Å²) < 4.78 is 12.9. The van der Waals surface area contributed by atoms with E-state index in [2.05, 4.69) is 0 Å². The van der Waals surface area contributed by atoms with Gasteiger partial charge < -0.3 is 15.7 Å². The lowest BCUT2D eigenvalue weighted by Crippen LogP contribution is -2.38. The van der Waals surface area contributed by atoms with Crippen LogP contribution in [0.2, 0.25) is 0 Å². The Labute approximate surface area is 144 Å². The van der Waals surface area contributed by atoms with Crippen molar-refractivity contribution in [2.45, 2.75) is 45.8 Å². The Morgan fingerprint density at radius 3 is 2.26 bits per heavy atom. The van der Waals surface area contributed by atoms with Gasteiger partial charge >= 0.3 is 0 Å². The quantitative estimate of drug-likeness (QED) is 0.760. The summed E-state index contributed by atoms with van der Waals surface area (Å²) >= 11 is 0. The molecule has 3 N–H and O–H groups in total. The van der Waals surface area contributed by atoms with Crippen LogP contribution in [0, 0.1) is 11.7 Å². The van der Waals surface area contributed by atoms with E-state index in [0.717, 1.165) is 0 Å². The molecule has 132 valence electrons. The Morgan fingerprint density at radius 1 is 1.22 bits per heavy atom. The molecule has 2 atom stereocenters. The van der Waals surface area contributed by atoms with Crippen LogP contribution in [0.3, 0.4) is 0 Å². The van der Waals surface area contributed by atoms with Crippen LogP contribution in [0.15, 0.2) is 24.3 Å². The van der Waals surface area contributed by atoms with Crippen molar-refractivity contribution in [2.75, 3.05) is 13.1 Å². The number of amides is 1. The zero-order valence-electron chi connectivity index (χ0n) is 14.0. The summed E-state index contributed by atoms with van der Waals surface area (Å²) in [6.07, 6.45) is 0.180. The van der Waals surface area contributed by atoms with E-state index in [-0.39, 0.29) is 36.7 Å². The molecule has 0 saturated heterocycles. The summed E-state index contributed by atoms with van der Waals surface area (Å²) in [5.74, 6) is -0.0465. The van der Waals surface area contributed by atoms with Crippen LogP contribution in [-0.4, -0.2) is 35.0 Å². The van der Waals surface area contributed by atoms with Gasteiger partial charge in [0, 0.05) is 19.0 Å². The molecular formula is C17H28ClFN2O2. The summed E-state index contributed by atoms with van der Waals surface area (Å²) in [7, 11) is 0. The zero-order chi connectivity index (χ0) is 16.7. The Bertz CT molecular complexity index is 466. The number of hydrogen-bond acceptors (Lipinski definition) is 3. The van der Waals surface area contributed by atoms with Crippen molar-refractivity contribution in [2.24, 2.45) is 11.7 Å². The second-order valence-corrected chi connectivity index (χ2v) is 6.28. The van der Waals surface area contributed by atoms with E-state index in [1.54, 1.807) is 17.0 Å². The molecule has 1 amide bonds. The van der Waals surface area contributed by atoms with E-state index in [1.165, 1.54) is 12.1 Å². The summed E-state index contributed by atoms with van der Waals surface area (Å²) in [4.78, 5) is 14.0. The van der Waals surface area contributed by atoms with Gasteiger partial charge in [0.15, 0.2) is 0 Å². The third kappa shape index (κ3) is 8.30. The van der Waals surface area contributed by atoms with Crippen LogP contribution < -0.4 is 5.73 Å². The fraction of sp³-hybridized carbons (Fsp3) is 0.588. The topological polar surface area (TPSA) is 66.6 Å². The van der Waals surface area contributed by atoms with Crippen LogP contribution in [-0.2, 0) is 4.79 Å². The van der Waals surface area contributed by atoms with Crippen LogP contribution in [0.5, 0.6) is 0 Å². The maximum Gasteiger partial charge on any atom is 0.222 e. The molecule has 2 unspecified atom stereocenters. The minimum absolute atomic E-state index is 0. The van der Waals surface area contributed by atoms with Gasteiger partial charge in [0.05, 0.1) is 12.6 Å². The number of benzene rings is 1. The molecule has 6 heteroatoms. The van der Waals surface area contributed by atoms with Crippen molar-refractivity contribution in [1.29, 1.82) is 0 Å². The third-order valence-corrected chi connectivity index (χ3v) is 3.40. The normalized spacial score (nSPS) is 13.3. The highest BCUT2D eigenvalue weighted by molar-refractivity contribution is 5.85. The average Bonchev–Trinajstić information content (AvgIpc) is 2.44. The predicted molar refractivity (Wildman–Crippen MR) is 92.9 cm³/mol. The van der Waals surface area contributed by atoms with Gasteiger partial charge in [-0.3, -0.25) is 4.79 Å². The predicted octanol–water partition coefficient (Wildman–Crippen LogP) is 2.89. The van der Waals surface area contributed by atoms with Crippen LogP contribution in [0.1, 0.15) is 45.3 Å². The zero-order valence-corrected chi connectivity index (χ0v) is 14.9. The van der Waals surface area contributed by atoms with Gasteiger partial charge in [0.1, 0.15) is 5.82 Å². The van der Waals surface area contributed by atoms with Crippen molar-refractivity contribution in [3.05, 3.63) is 35.6 Å². The summed E-state index contributed by atoms with van der Waals surface area (Å²) in [6, 6.07) is 5.68. The number of halogens is 2. The van der Waals surface area contributed by atoms with Gasteiger partial charge in [-0.05, 0) is 37.0 Å². The van der Waals surface area contributed by atoms with Gasteiger partial charge in [0.2, 0.25) is 5.91 Å². The molecule has 0 radical (unpaired) electrons. The van der Waals surface area contributed by atoms with Crippen molar-refractivity contribution >= 4 is 18.3 Å². The molecule has 0 saturated carbocycles. The second-order valence-electron chi connectivity index (χ2n) is 6.28. The second kappa shape index (κ2) is 10.6. The molecule has 0 fully saturated rings. The summed E-state index contributed by atoms with van der Waals surface area (Å²) in [5.41, 5.74) is 6.30. The highest BCUT2D eigenvalue weighted by atomic mass is 35.5. The minimum Gasteiger partial charge on any atom is -0.387 e. The summed E-state index contributed by atoms with van der Waals surface area (Å²) in [5, 5.41) is 10.3.